The van der Waals surface area contributed by atoms with Crippen molar-refractivity contribution in [1.29, 1.82) is 0 Å². The van der Waals surface area contributed by atoms with Gasteiger partial charge < -0.3 is 11.1 Å². The average molecular weight is 204 g/mol. The third-order valence-corrected chi connectivity index (χ3v) is 3.09. The lowest BCUT2D eigenvalue weighted by atomic mass is 9.92. The minimum Gasteiger partial charge on any atom is -0.328 e. The van der Waals surface area contributed by atoms with Gasteiger partial charge in [0, 0.05) is 12.1 Å². The molecule has 0 spiro atoms. The van der Waals surface area contributed by atoms with Crippen LogP contribution in [0.4, 0.5) is 0 Å². The van der Waals surface area contributed by atoms with Crippen LogP contribution in [0.5, 0.6) is 0 Å². The van der Waals surface area contributed by atoms with E-state index < -0.39 is 0 Å². The van der Waals surface area contributed by atoms with E-state index in [1.54, 1.807) is 0 Å². The molecule has 1 fully saturated rings. The first-order chi connectivity index (χ1) is 7.15. The van der Waals surface area contributed by atoms with Crippen LogP contribution in [0.15, 0.2) is 18.2 Å². The van der Waals surface area contributed by atoms with E-state index in [0.717, 1.165) is 19.4 Å². The summed E-state index contributed by atoms with van der Waals surface area (Å²) < 4.78 is 0. The molecular weight excluding hydrogens is 184 g/mol. The second-order valence-corrected chi connectivity index (χ2v) is 4.71. The predicted octanol–water partition coefficient (Wildman–Crippen LogP) is 2.06. The predicted molar refractivity (Wildman–Crippen MR) is 63.9 cm³/mol. The maximum Gasteiger partial charge on any atom is 0.0335 e. The molecule has 1 saturated heterocycles. The summed E-state index contributed by atoms with van der Waals surface area (Å²) in [5.74, 6) is 0. The Kier molecular flexibility index (Phi) is 3.08. The first-order valence-electron chi connectivity index (χ1n) is 5.72. The second kappa shape index (κ2) is 4.33. The molecule has 2 heteroatoms. The lowest BCUT2D eigenvalue weighted by Gasteiger charge is -2.28. The van der Waals surface area contributed by atoms with Crippen molar-refractivity contribution in [2.75, 3.05) is 6.54 Å². The summed E-state index contributed by atoms with van der Waals surface area (Å²) in [6, 6.07) is 7.56. The van der Waals surface area contributed by atoms with E-state index in [-0.39, 0.29) is 0 Å². The third-order valence-electron chi connectivity index (χ3n) is 3.09. The van der Waals surface area contributed by atoms with E-state index in [0.29, 0.717) is 12.1 Å². The molecule has 15 heavy (non-hydrogen) atoms. The van der Waals surface area contributed by atoms with Gasteiger partial charge in [-0.2, -0.15) is 0 Å². The third kappa shape index (κ3) is 2.58. The second-order valence-electron chi connectivity index (χ2n) is 4.71. The normalized spacial score (nSPS) is 26.6. The Hall–Kier alpha value is -0.860. The fourth-order valence-corrected chi connectivity index (χ4v) is 2.41. The van der Waals surface area contributed by atoms with Crippen LogP contribution in [-0.2, 0) is 0 Å². The Labute approximate surface area is 91.9 Å². The van der Waals surface area contributed by atoms with E-state index in [2.05, 4.69) is 37.4 Å². The summed E-state index contributed by atoms with van der Waals surface area (Å²) >= 11 is 0. The van der Waals surface area contributed by atoms with Gasteiger partial charge in [0.1, 0.15) is 0 Å². The fraction of sp³-hybridized carbons (Fsp3) is 0.538. The maximum absolute atomic E-state index is 6.00. The molecule has 1 aliphatic rings. The molecule has 2 atom stereocenters. The number of piperidine rings is 1. The van der Waals surface area contributed by atoms with E-state index in [1.807, 2.05) is 0 Å². The van der Waals surface area contributed by atoms with Crippen molar-refractivity contribution in [3.63, 3.8) is 0 Å². The molecule has 0 bridgehead atoms. The summed E-state index contributed by atoms with van der Waals surface area (Å²) in [5, 5.41) is 3.54. The van der Waals surface area contributed by atoms with Crippen LogP contribution in [0, 0.1) is 13.8 Å². The Morgan fingerprint density at radius 2 is 1.87 bits per heavy atom. The highest BCUT2D eigenvalue weighted by Gasteiger charge is 2.20. The Bertz CT molecular complexity index is 326. The zero-order chi connectivity index (χ0) is 10.8. The number of nitrogens with one attached hydrogen (secondary N) is 1. The maximum atomic E-state index is 6.00. The first-order valence-corrected chi connectivity index (χ1v) is 5.72. The van der Waals surface area contributed by atoms with Gasteiger partial charge in [-0.25, -0.2) is 0 Å². The van der Waals surface area contributed by atoms with Gasteiger partial charge in [0.2, 0.25) is 0 Å². The van der Waals surface area contributed by atoms with Crippen LogP contribution in [0.25, 0.3) is 0 Å². The molecule has 3 N–H and O–H groups in total. The van der Waals surface area contributed by atoms with Gasteiger partial charge in [-0.3, -0.25) is 0 Å². The molecule has 1 heterocycles. The van der Waals surface area contributed by atoms with Gasteiger partial charge in [-0.15, -0.1) is 0 Å². The lowest BCUT2D eigenvalue weighted by molar-refractivity contribution is 0.369. The number of benzene rings is 1. The monoisotopic (exact) mass is 204 g/mol. The summed E-state index contributed by atoms with van der Waals surface area (Å²) in [5.41, 5.74) is 10.1. The van der Waals surface area contributed by atoms with Crippen LogP contribution in [-0.4, -0.2) is 12.6 Å². The van der Waals surface area contributed by atoms with Gasteiger partial charge in [-0.05, 0) is 38.8 Å². The standard InChI is InChI=1S/C13H20N2/c1-9-5-10(2)7-11(6-9)13-8-12(14)3-4-15-13/h5-7,12-13,15H,3-4,8,14H2,1-2H3/t12-,13+/m1/s1. The van der Waals surface area contributed by atoms with Crippen molar-refractivity contribution in [2.45, 2.75) is 38.8 Å². The van der Waals surface area contributed by atoms with E-state index in [4.69, 9.17) is 5.73 Å². The van der Waals surface area contributed by atoms with Gasteiger partial charge in [0.25, 0.3) is 0 Å². The zero-order valence-corrected chi connectivity index (χ0v) is 9.59. The molecule has 0 amide bonds. The van der Waals surface area contributed by atoms with E-state index >= 15 is 0 Å². The van der Waals surface area contributed by atoms with Crippen molar-refractivity contribution in [3.8, 4) is 0 Å². The average Bonchev–Trinajstić information content (AvgIpc) is 2.16. The number of aryl methyl sites for hydroxylation is 2. The molecule has 0 unspecified atom stereocenters. The van der Waals surface area contributed by atoms with Gasteiger partial charge >= 0.3 is 0 Å². The van der Waals surface area contributed by atoms with E-state index in [1.165, 1.54) is 16.7 Å². The molecule has 0 saturated carbocycles. The molecule has 1 aromatic rings. The first kappa shape index (κ1) is 10.7. The number of nitrogens with two attached hydrogens (primary N) is 1. The van der Waals surface area contributed by atoms with E-state index in [9.17, 15) is 0 Å². The molecule has 2 nitrogen and oxygen atoms in total. The highest BCUT2D eigenvalue weighted by molar-refractivity contribution is 5.31. The highest BCUT2D eigenvalue weighted by Crippen LogP contribution is 2.24. The molecule has 0 radical (unpaired) electrons. The molecule has 0 aliphatic carbocycles. The highest BCUT2D eigenvalue weighted by atomic mass is 14.9. The van der Waals surface area contributed by atoms with Crippen molar-refractivity contribution in [2.24, 2.45) is 5.73 Å². The van der Waals surface area contributed by atoms with Crippen LogP contribution in [0.3, 0.4) is 0 Å². The van der Waals surface area contributed by atoms with Gasteiger partial charge in [0.15, 0.2) is 0 Å². The summed E-state index contributed by atoms with van der Waals surface area (Å²) in [6.45, 7) is 5.34. The smallest absolute Gasteiger partial charge is 0.0335 e. The quantitative estimate of drug-likeness (QED) is 0.735. The van der Waals surface area contributed by atoms with Crippen molar-refractivity contribution >= 4 is 0 Å². The Balaban J connectivity index is 2.20. The lowest BCUT2D eigenvalue weighted by Crippen LogP contribution is -2.38. The SMILES string of the molecule is Cc1cc(C)cc([C@@H]2C[C@H](N)CCN2)c1. The van der Waals surface area contributed by atoms with Gasteiger partial charge in [-0.1, -0.05) is 29.3 Å². The molecule has 1 aliphatic heterocycles. The van der Waals surface area contributed by atoms with Gasteiger partial charge in [0.05, 0.1) is 0 Å². The number of hydrogen-bond donors (Lipinski definition) is 2. The largest absolute Gasteiger partial charge is 0.328 e. The summed E-state index contributed by atoms with van der Waals surface area (Å²) in [7, 11) is 0. The molecule has 1 aromatic carbocycles. The van der Waals surface area contributed by atoms with Crippen molar-refractivity contribution in [1.82, 2.24) is 5.32 Å². The van der Waals surface area contributed by atoms with Crippen LogP contribution >= 0.6 is 0 Å². The minimum absolute atomic E-state index is 0.358. The molecule has 82 valence electrons. The topological polar surface area (TPSA) is 38.0 Å². The van der Waals surface area contributed by atoms with Crippen LogP contribution in [0.2, 0.25) is 0 Å². The Morgan fingerprint density at radius 3 is 2.47 bits per heavy atom. The van der Waals surface area contributed by atoms with Crippen molar-refractivity contribution in [3.05, 3.63) is 34.9 Å². The Morgan fingerprint density at radius 1 is 1.20 bits per heavy atom. The minimum atomic E-state index is 0.358. The fourth-order valence-electron chi connectivity index (χ4n) is 2.41. The van der Waals surface area contributed by atoms with Crippen molar-refractivity contribution < 1.29 is 0 Å². The molecular formula is C13H20N2. The summed E-state index contributed by atoms with van der Waals surface area (Å²) in [4.78, 5) is 0. The van der Waals surface area contributed by atoms with Crippen LogP contribution < -0.4 is 11.1 Å². The number of rotatable bonds is 1. The summed E-state index contributed by atoms with van der Waals surface area (Å²) in [6.07, 6.45) is 2.16. The van der Waals surface area contributed by atoms with Crippen LogP contribution in [0.1, 0.15) is 35.6 Å². The molecule has 0 aromatic heterocycles. The number of hydrogen-bond acceptors (Lipinski definition) is 2. The molecule has 2 rings (SSSR count). The zero-order valence-electron chi connectivity index (χ0n) is 9.59.